The van der Waals surface area contributed by atoms with Gasteiger partial charge in [0.1, 0.15) is 16.9 Å². The van der Waals surface area contributed by atoms with Crippen molar-refractivity contribution in [2.45, 2.75) is 45.8 Å². The molecular weight excluding hydrogens is 440 g/mol. The lowest BCUT2D eigenvalue weighted by atomic mass is 9.93. The van der Waals surface area contributed by atoms with Crippen LogP contribution in [0, 0.1) is 6.92 Å². The zero-order valence-corrected chi connectivity index (χ0v) is 20.1. The van der Waals surface area contributed by atoms with Crippen LogP contribution in [-0.2, 0) is 24.3 Å². The molecule has 35 heavy (non-hydrogen) atoms. The third-order valence-corrected chi connectivity index (χ3v) is 6.72. The van der Waals surface area contributed by atoms with Gasteiger partial charge in [-0.3, -0.25) is 19.2 Å². The van der Waals surface area contributed by atoms with Gasteiger partial charge in [-0.2, -0.15) is 5.10 Å². The van der Waals surface area contributed by atoms with Crippen LogP contribution in [0.4, 0.5) is 5.69 Å². The Morgan fingerprint density at radius 1 is 1.11 bits per heavy atom. The van der Waals surface area contributed by atoms with E-state index in [2.05, 4.69) is 17.3 Å². The Hall–Kier alpha value is -4.13. The van der Waals surface area contributed by atoms with Crippen molar-refractivity contribution in [1.29, 1.82) is 0 Å². The Morgan fingerprint density at radius 3 is 2.57 bits per heavy atom. The number of anilines is 1. The number of rotatable bonds is 6. The van der Waals surface area contributed by atoms with Crippen molar-refractivity contribution < 1.29 is 14.0 Å². The zero-order valence-electron chi connectivity index (χ0n) is 20.1. The molecule has 0 bridgehead atoms. The maximum Gasteiger partial charge on any atom is 0.277 e. The molecule has 5 rings (SSSR count). The van der Waals surface area contributed by atoms with E-state index in [1.54, 1.807) is 41.0 Å². The van der Waals surface area contributed by atoms with Crippen molar-refractivity contribution in [2.75, 3.05) is 4.90 Å². The van der Waals surface area contributed by atoms with Gasteiger partial charge in [0.25, 0.3) is 5.91 Å². The number of nitrogens with zero attached hydrogens (tertiary/aromatic N) is 3. The molecule has 0 radical (unpaired) electrons. The van der Waals surface area contributed by atoms with Gasteiger partial charge < -0.3 is 9.73 Å². The molecule has 0 spiro atoms. The Kier molecular flexibility index (Phi) is 5.76. The van der Waals surface area contributed by atoms with Crippen molar-refractivity contribution in [1.82, 2.24) is 15.1 Å². The van der Waals surface area contributed by atoms with Gasteiger partial charge in [-0.25, -0.2) is 0 Å². The molecule has 2 amide bonds. The highest BCUT2D eigenvalue weighted by atomic mass is 16.3. The fourth-order valence-electron chi connectivity index (χ4n) is 4.59. The van der Waals surface area contributed by atoms with Crippen LogP contribution < -0.4 is 10.2 Å². The molecule has 0 fully saturated rings. The number of benzene rings is 2. The van der Waals surface area contributed by atoms with Crippen molar-refractivity contribution in [3.63, 3.8) is 0 Å². The predicted octanol–water partition coefficient (Wildman–Crippen LogP) is 4.75. The van der Waals surface area contributed by atoms with Crippen LogP contribution in [0.25, 0.3) is 11.5 Å². The molecule has 1 aliphatic heterocycles. The summed E-state index contributed by atoms with van der Waals surface area (Å²) in [5.41, 5.74) is 3.76. The fourth-order valence-corrected chi connectivity index (χ4v) is 4.59. The summed E-state index contributed by atoms with van der Waals surface area (Å²) in [5, 5.41) is 7.67. The third-order valence-electron chi connectivity index (χ3n) is 6.72. The SMILES string of the molecule is CCc1ccc(N2C(=O)c3cc(-c4ccco4)nn3CC2(C)C(=O)NCc2ccccc2C)cc1. The van der Waals surface area contributed by atoms with E-state index in [0.29, 0.717) is 29.4 Å². The highest BCUT2D eigenvalue weighted by Gasteiger charge is 2.49. The fraction of sp³-hybridized carbons (Fsp3) is 0.250. The number of furan rings is 1. The standard InChI is InChI=1S/C28H28N4O3/c1-4-20-11-13-22(14-12-20)32-26(33)24-16-23(25-10-7-15-35-25)30-31(24)18-28(32,3)27(34)29-17-21-9-6-5-8-19(21)2/h5-16H,4,17-18H2,1-3H3,(H,29,34). The molecule has 1 unspecified atom stereocenters. The molecule has 1 aliphatic rings. The normalized spacial score (nSPS) is 17.3. The highest BCUT2D eigenvalue weighted by Crippen LogP contribution is 2.34. The summed E-state index contributed by atoms with van der Waals surface area (Å²) in [6.07, 6.45) is 2.46. The number of aromatic nitrogens is 2. The molecule has 4 aromatic rings. The smallest absolute Gasteiger partial charge is 0.277 e. The largest absolute Gasteiger partial charge is 0.463 e. The summed E-state index contributed by atoms with van der Waals surface area (Å²) < 4.78 is 7.10. The molecule has 0 saturated carbocycles. The molecule has 1 atom stereocenters. The van der Waals surface area contributed by atoms with Gasteiger partial charge in [0.15, 0.2) is 5.76 Å². The van der Waals surface area contributed by atoms with E-state index in [4.69, 9.17) is 4.42 Å². The Balaban J connectivity index is 1.53. The summed E-state index contributed by atoms with van der Waals surface area (Å²) in [5.74, 6) is 0.0537. The van der Waals surface area contributed by atoms with E-state index in [1.807, 2.05) is 55.5 Å². The summed E-state index contributed by atoms with van der Waals surface area (Å²) >= 11 is 0. The number of nitrogens with one attached hydrogen (secondary N) is 1. The topological polar surface area (TPSA) is 80.4 Å². The number of carbonyl (C=O) groups is 2. The average Bonchev–Trinajstić information content (AvgIpc) is 3.54. The summed E-state index contributed by atoms with van der Waals surface area (Å²) in [7, 11) is 0. The van der Waals surface area contributed by atoms with Crippen molar-refractivity contribution in [3.05, 3.63) is 95.4 Å². The van der Waals surface area contributed by atoms with Gasteiger partial charge >= 0.3 is 0 Å². The Morgan fingerprint density at radius 2 is 1.89 bits per heavy atom. The van der Waals surface area contributed by atoms with Crippen LogP contribution in [0.2, 0.25) is 0 Å². The van der Waals surface area contributed by atoms with E-state index in [1.165, 1.54) is 0 Å². The molecule has 178 valence electrons. The quantitative estimate of drug-likeness (QED) is 0.443. The lowest BCUT2D eigenvalue weighted by Crippen LogP contribution is -2.64. The first-order valence-electron chi connectivity index (χ1n) is 11.8. The number of hydrogen-bond acceptors (Lipinski definition) is 4. The van der Waals surface area contributed by atoms with E-state index >= 15 is 0 Å². The van der Waals surface area contributed by atoms with E-state index < -0.39 is 5.54 Å². The maximum absolute atomic E-state index is 13.9. The van der Waals surface area contributed by atoms with Crippen molar-refractivity contribution in [2.24, 2.45) is 0 Å². The van der Waals surface area contributed by atoms with Gasteiger partial charge in [-0.05, 0) is 61.2 Å². The molecule has 2 aromatic heterocycles. The first kappa shape index (κ1) is 22.7. The van der Waals surface area contributed by atoms with Gasteiger partial charge in [0.2, 0.25) is 5.91 Å². The third kappa shape index (κ3) is 4.03. The van der Waals surface area contributed by atoms with Crippen LogP contribution in [0.1, 0.15) is 41.0 Å². The minimum atomic E-state index is -1.19. The molecular formula is C28H28N4O3. The number of carbonyl (C=O) groups excluding carboxylic acids is 2. The van der Waals surface area contributed by atoms with Gasteiger partial charge in [0.05, 0.1) is 12.8 Å². The van der Waals surface area contributed by atoms with Crippen LogP contribution in [0.15, 0.2) is 77.4 Å². The molecule has 1 N–H and O–H groups in total. The zero-order chi connectivity index (χ0) is 24.6. The van der Waals surface area contributed by atoms with E-state index in [9.17, 15) is 9.59 Å². The average molecular weight is 469 g/mol. The number of fused-ring (bicyclic) bond motifs is 1. The van der Waals surface area contributed by atoms with Crippen LogP contribution in [0.5, 0.6) is 0 Å². The Labute approximate surface area is 204 Å². The molecule has 0 saturated heterocycles. The lowest BCUT2D eigenvalue weighted by molar-refractivity contribution is -0.126. The first-order valence-corrected chi connectivity index (χ1v) is 11.8. The van der Waals surface area contributed by atoms with Crippen LogP contribution in [-0.4, -0.2) is 27.1 Å². The minimum absolute atomic E-state index is 0.212. The van der Waals surface area contributed by atoms with E-state index in [-0.39, 0.29) is 18.4 Å². The molecule has 7 heteroatoms. The molecule has 2 aromatic carbocycles. The molecule has 7 nitrogen and oxygen atoms in total. The van der Waals surface area contributed by atoms with Crippen molar-refractivity contribution in [3.8, 4) is 11.5 Å². The second-order valence-corrected chi connectivity index (χ2v) is 9.09. The predicted molar refractivity (Wildman–Crippen MR) is 134 cm³/mol. The second-order valence-electron chi connectivity index (χ2n) is 9.09. The summed E-state index contributed by atoms with van der Waals surface area (Å²) in [6, 6.07) is 21.0. The van der Waals surface area contributed by atoms with Crippen molar-refractivity contribution >= 4 is 17.5 Å². The van der Waals surface area contributed by atoms with Crippen LogP contribution >= 0.6 is 0 Å². The van der Waals surface area contributed by atoms with Gasteiger partial charge in [0, 0.05) is 18.3 Å². The molecule has 0 aliphatic carbocycles. The van der Waals surface area contributed by atoms with Crippen LogP contribution in [0.3, 0.4) is 0 Å². The minimum Gasteiger partial charge on any atom is -0.463 e. The highest BCUT2D eigenvalue weighted by molar-refractivity contribution is 6.12. The second kappa shape index (κ2) is 8.91. The number of amides is 2. The maximum atomic E-state index is 13.9. The number of hydrogen-bond donors (Lipinski definition) is 1. The first-order chi connectivity index (χ1) is 16.9. The lowest BCUT2D eigenvalue weighted by Gasteiger charge is -2.43. The summed E-state index contributed by atoms with van der Waals surface area (Å²) in [4.78, 5) is 29.2. The summed E-state index contributed by atoms with van der Waals surface area (Å²) in [6.45, 7) is 6.48. The number of aryl methyl sites for hydroxylation is 2. The monoisotopic (exact) mass is 468 g/mol. The van der Waals surface area contributed by atoms with E-state index in [0.717, 1.165) is 23.1 Å². The van der Waals surface area contributed by atoms with Gasteiger partial charge in [-0.1, -0.05) is 43.3 Å². The molecule has 3 heterocycles. The Bertz CT molecular complexity index is 1370. The van der Waals surface area contributed by atoms with Gasteiger partial charge in [-0.15, -0.1) is 0 Å².